The average Bonchev–Trinajstić information content (AvgIpc) is 3.47. The number of aryl methyl sites for hydroxylation is 2. The van der Waals surface area contributed by atoms with Crippen molar-refractivity contribution >= 4 is 49.1 Å². The lowest BCUT2D eigenvalue weighted by molar-refractivity contribution is 0.484. The van der Waals surface area contributed by atoms with Crippen LogP contribution in [0, 0.1) is 13.8 Å². The second-order valence-electron chi connectivity index (χ2n) is 9.99. The lowest BCUT2D eigenvalue weighted by Gasteiger charge is -2.12. The molecule has 4 aromatic heterocycles. The van der Waals surface area contributed by atoms with Crippen molar-refractivity contribution in [3.8, 4) is 17.3 Å². The highest BCUT2D eigenvalue weighted by molar-refractivity contribution is 6.12. The van der Waals surface area contributed by atoms with Crippen LogP contribution in [0.25, 0.3) is 54.9 Å². The maximum absolute atomic E-state index is 6.51. The molecular formula is C34H24N4O. The Hall–Kier alpha value is -5.16. The zero-order valence-electron chi connectivity index (χ0n) is 21.6. The van der Waals surface area contributed by atoms with E-state index in [1.54, 1.807) is 0 Å². The summed E-state index contributed by atoms with van der Waals surface area (Å²) >= 11 is 0. The van der Waals surface area contributed by atoms with E-state index < -0.39 is 0 Å². The highest BCUT2D eigenvalue weighted by atomic mass is 16.5. The maximum Gasteiger partial charge on any atom is 0.145 e. The third-order valence-corrected chi connectivity index (χ3v) is 7.77. The molecule has 0 bridgehead atoms. The number of hydrogen-bond donors (Lipinski definition) is 0. The largest absolute Gasteiger partial charge is 0.457 e. The minimum absolute atomic E-state index is 0.773. The van der Waals surface area contributed by atoms with Gasteiger partial charge in [-0.15, -0.1) is 0 Å². The van der Waals surface area contributed by atoms with Crippen molar-refractivity contribution in [2.24, 2.45) is 0 Å². The van der Waals surface area contributed by atoms with Gasteiger partial charge in [0.2, 0.25) is 0 Å². The van der Waals surface area contributed by atoms with Crippen molar-refractivity contribution < 1.29 is 4.74 Å². The van der Waals surface area contributed by atoms with Gasteiger partial charge in [-0.3, -0.25) is 8.97 Å². The predicted molar refractivity (Wildman–Crippen MR) is 158 cm³/mol. The number of fused-ring (bicyclic) bond motifs is 9. The van der Waals surface area contributed by atoms with Crippen LogP contribution in [0.1, 0.15) is 11.4 Å². The summed E-state index contributed by atoms with van der Waals surface area (Å²) in [6, 6.07) is 35.5. The average molecular weight is 505 g/mol. The molecule has 8 aromatic rings. The van der Waals surface area contributed by atoms with Crippen molar-refractivity contribution in [2.75, 3.05) is 0 Å². The van der Waals surface area contributed by atoms with Crippen LogP contribution in [-0.4, -0.2) is 18.9 Å². The second-order valence-corrected chi connectivity index (χ2v) is 9.99. The summed E-state index contributed by atoms with van der Waals surface area (Å²) in [4.78, 5) is 9.59. The molecule has 39 heavy (non-hydrogen) atoms. The first-order valence-electron chi connectivity index (χ1n) is 13.1. The Morgan fingerprint density at radius 3 is 2.05 bits per heavy atom. The molecule has 0 amide bonds. The molecular weight excluding hydrogens is 480 g/mol. The first-order chi connectivity index (χ1) is 19.2. The van der Waals surface area contributed by atoms with Gasteiger partial charge in [-0.05, 0) is 73.8 Å². The summed E-state index contributed by atoms with van der Waals surface area (Å²) in [7, 11) is 0. The van der Waals surface area contributed by atoms with E-state index >= 15 is 0 Å². The Balaban J connectivity index is 1.31. The van der Waals surface area contributed by atoms with Crippen LogP contribution in [0.2, 0.25) is 0 Å². The molecule has 8 rings (SSSR count). The summed E-state index contributed by atoms with van der Waals surface area (Å²) < 4.78 is 11.0. The molecule has 0 radical (unpaired) electrons. The lowest BCUT2D eigenvalue weighted by Crippen LogP contribution is -1.96. The summed E-state index contributed by atoms with van der Waals surface area (Å²) in [6.45, 7) is 4.20. The summed E-state index contributed by atoms with van der Waals surface area (Å²) in [5, 5.41) is 5.80. The smallest absolute Gasteiger partial charge is 0.145 e. The third-order valence-electron chi connectivity index (χ3n) is 7.77. The molecule has 0 saturated carbocycles. The van der Waals surface area contributed by atoms with Gasteiger partial charge in [0.15, 0.2) is 0 Å². The zero-order valence-corrected chi connectivity index (χ0v) is 21.6. The van der Waals surface area contributed by atoms with E-state index in [9.17, 15) is 0 Å². The molecule has 186 valence electrons. The molecule has 0 fully saturated rings. The number of imidazole rings is 1. The standard InChI is InChI=1S/C34H24N4O/c1-21-22(2)37-30-11-5-3-9-26(30)25-16-14-23(19-29(25)34(37)36-21)39-24-15-17-28-27-10-4-6-12-31(27)38(32(28)20-24)33-13-7-8-18-35-33/h3-20H,1-2H3. The molecule has 5 heteroatoms. The van der Waals surface area contributed by atoms with Crippen molar-refractivity contribution in [1.82, 2.24) is 18.9 Å². The van der Waals surface area contributed by atoms with Crippen LogP contribution in [0.5, 0.6) is 11.5 Å². The van der Waals surface area contributed by atoms with E-state index in [1.165, 1.54) is 27.1 Å². The minimum atomic E-state index is 0.773. The van der Waals surface area contributed by atoms with E-state index in [2.05, 4.69) is 101 Å². The molecule has 4 heterocycles. The Morgan fingerprint density at radius 1 is 0.590 bits per heavy atom. The number of rotatable bonds is 3. The lowest BCUT2D eigenvalue weighted by atomic mass is 10.1. The van der Waals surface area contributed by atoms with Crippen LogP contribution in [-0.2, 0) is 0 Å². The third kappa shape index (κ3) is 3.20. The van der Waals surface area contributed by atoms with Gasteiger partial charge in [0, 0.05) is 39.5 Å². The number of aromatic nitrogens is 4. The fourth-order valence-electron chi connectivity index (χ4n) is 5.87. The number of nitrogens with zero attached hydrogens (tertiary/aromatic N) is 4. The highest BCUT2D eigenvalue weighted by Crippen LogP contribution is 2.37. The Labute approximate surface area is 224 Å². The molecule has 5 nitrogen and oxygen atoms in total. The number of hydrogen-bond acceptors (Lipinski definition) is 3. The zero-order chi connectivity index (χ0) is 26.1. The predicted octanol–water partition coefficient (Wildman–Crippen LogP) is 8.54. The SMILES string of the molecule is Cc1nc2c3cc(Oc4ccc5c6ccccc6n(-c6ccccn6)c5c4)ccc3c3ccccc3n2c1C. The molecule has 0 spiro atoms. The highest BCUT2D eigenvalue weighted by Gasteiger charge is 2.16. The van der Waals surface area contributed by atoms with Crippen LogP contribution in [0.15, 0.2) is 109 Å². The van der Waals surface area contributed by atoms with Gasteiger partial charge >= 0.3 is 0 Å². The van der Waals surface area contributed by atoms with Gasteiger partial charge in [-0.2, -0.15) is 0 Å². The number of ether oxygens (including phenoxy) is 1. The normalized spacial score (nSPS) is 11.8. The second kappa shape index (κ2) is 8.17. The number of benzene rings is 4. The summed E-state index contributed by atoms with van der Waals surface area (Å²) in [5.41, 5.74) is 6.48. The van der Waals surface area contributed by atoms with E-state index in [1.807, 2.05) is 36.5 Å². The molecule has 0 aliphatic carbocycles. The van der Waals surface area contributed by atoms with Crippen LogP contribution in [0.3, 0.4) is 0 Å². The molecule has 0 unspecified atom stereocenters. The Kier molecular flexibility index (Phi) is 4.58. The molecule has 4 aromatic carbocycles. The molecule has 0 atom stereocenters. The number of pyridine rings is 2. The Bertz CT molecular complexity index is 2220. The minimum Gasteiger partial charge on any atom is -0.457 e. The topological polar surface area (TPSA) is 44.3 Å². The van der Waals surface area contributed by atoms with Gasteiger partial charge in [-0.25, -0.2) is 9.97 Å². The van der Waals surface area contributed by atoms with Crippen molar-refractivity contribution in [3.05, 3.63) is 121 Å². The van der Waals surface area contributed by atoms with Crippen molar-refractivity contribution in [1.29, 1.82) is 0 Å². The molecule has 0 N–H and O–H groups in total. The maximum atomic E-state index is 6.51. The monoisotopic (exact) mass is 504 g/mol. The fourth-order valence-corrected chi connectivity index (χ4v) is 5.87. The van der Waals surface area contributed by atoms with Gasteiger partial charge in [0.1, 0.15) is 23.0 Å². The van der Waals surface area contributed by atoms with Crippen molar-refractivity contribution in [2.45, 2.75) is 13.8 Å². The molecule has 0 aliphatic rings. The summed E-state index contributed by atoms with van der Waals surface area (Å²) in [6.07, 6.45) is 1.83. The van der Waals surface area contributed by atoms with E-state index in [0.717, 1.165) is 50.8 Å². The quantitative estimate of drug-likeness (QED) is 0.226. The molecule has 0 aliphatic heterocycles. The molecule has 0 saturated heterocycles. The van der Waals surface area contributed by atoms with Crippen LogP contribution < -0.4 is 4.74 Å². The first-order valence-corrected chi connectivity index (χ1v) is 13.1. The van der Waals surface area contributed by atoms with Crippen molar-refractivity contribution in [3.63, 3.8) is 0 Å². The van der Waals surface area contributed by atoms with Crippen LogP contribution >= 0.6 is 0 Å². The van der Waals surface area contributed by atoms with Gasteiger partial charge in [0.05, 0.1) is 22.2 Å². The van der Waals surface area contributed by atoms with Crippen LogP contribution in [0.4, 0.5) is 0 Å². The first kappa shape index (κ1) is 21.9. The van der Waals surface area contributed by atoms with E-state index in [4.69, 9.17) is 9.72 Å². The van der Waals surface area contributed by atoms with Gasteiger partial charge in [-0.1, -0.05) is 42.5 Å². The fraction of sp³-hybridized carbons (Fsp3) is 0.0588. The summed E-state index contributed by atoms with van der Waals surface area (Å²) in [5.74, 6) is 2.43. The van der Waals surface area contributed by atoms with E-state index in [0.29, 0.717) is 0 Å². The number of para-hydroxylation sites is 2. The van der Waals surface area contributed by atoms with Gasteiger partial charge < -0.3 is 4.74 Å². The Morgan fingerprint density at radius 2 is 1.26 bits per heavy atom. The van der Waals surface area contributed by atoms with E-state index in [-0.39, 0.29) is 0 Å². The van der Waals surface area contributed by atoms with Gasteiger partial charge in [0.25, 0.3) is 0 Å².